The van der Waals surface area contributed by atoms with E-state index in [2.05, 4.69) is 23.1 Å². The van der Waals surface area contributed by atoms with Crippen LogP contribution in [-0.4, -0.2) is 25.8 Å². The van der Waals surface area contributed by atoms with Gasteiger partial charge in [-0.2, -0.15) is 0 Å². The van der Waals surface area contributed by atoms with Crippen molar-refractivity contribution in [1.82, 2.24) is 0 Å². The summed E-state index contributed by atoms with van der Waals surface area (Å²) >= 11 is 0. The zero-order chi connectivity index (χ0) is 11.8. The Morgan fingerprint density at radius 3 is 2.71 bits per heavy atom. The quantitative estimate of drug-likeness (QED) is 0.754. The predicted molar refractivity (Wildman–Crippen MR) is 68.0 cm³/mol. The molecule has 0 aliphatic carbocycles. The highest BCUT2D eigenvalue weighted by Gasteiger charge is 2.21. The van der Waals surface area contributed by atoms with Gasteiger partial charge in [0.1, 0.15) is 6.17 Å². The minimum absolute atomic E-state index is 0.611. The van der Waals surface area contributed by atoms with Gasteiger partial charge in [0.05, 0.1) is 5.69 Å². The predicted octanol–water partition coefficient (Wildman–Crippen LogP) is 1.86. The van der Waals surface area contributed by atoms with Crippen molar-refractivity contribution in [3.8, 4) is 0 Å². The second kappa shape index (κ2) is 4.18. The summed E-state index contributed by atoms with van der Waals surface area (Å²) in [6.45, 7) is 2.55. The molecule has 4 heteroatoms. The maximum Gasteiger partial charge on any atom is 0.103 e. The number of benzene rings is 1. The van der Waals surface area contributed by atoms with Crippen molar-refractivity contribution < 1.29 is 4.39 Å². The minimum Gasteiger partial charge on any atom is -0.371 e. The van der Waals surface area contributed by atoms with E-state index in [0.717, 1.165) is 31.7 Å². The minimum atomic E-state index is -0.611. The van der Waals surface area contributed by atoms with E-state index in [1.54, 1.807) is 5.01 Å². The third-order valence-corrected chi connectivity index (χ3v) is 3.78. The van der Waals surface area contributed by atoms with Crippen LogP contribution in [0.3, 0.4) is 0 Å². The van der Waals surface area contributed by atoms with Gasteiger partial charge in [-0.1, -0.05) is 0 Å². The summed E-state index contributed by atoms with van der Waals surface area (Å²) in [6.07, 6.45) is 1.71. The number of alkyl halides is 1. The summed E-state index contributed by atoms with van der Waals surface area (Å²) in [5.74, 6) is 5.86. The molecule has 1 saturated heterocycles. The Bertz CT molecular complexity index is 413. The average molecular weight is 235 g/mol. The lowest BCUT2D eigenvalue weighted by molar-refractivity contribution is 0.277. The highest BCUT2D eigenvalue weighted by Crippen LogP contribution is 2.31. The first-order chi connectivity index (χ1) is 8.24. The zero-order valence-corrected chi connectivity index (χ0v) is 9.90. The fourth-order valence-corrected chi connectivity index (χ4v) is 2.72. The number of halogens is 1. The molecule has 2 aliphatic heterocycles. The van der Waals surface area contributed by atoms with Gasteiger partial charge in [-0.3, -0.25) is 0 Å². The Hall–Kier alpha value is -1.29. The summed E-state index contributed by atoms with van der Waals surface area (Å²) in [5, 5.41) is 1.80. The van der Waals surface area contributed by atoms with Crippen LogP contribution in [0.2, 0.25) is 0 Å². The van der Waals surface area contributed by atoms with Gasteiger partial charge in [-0.15, -0.1) is 0 Å². The number of anilines is 2. The third kappa shape index (κ3) is 1.97. The lowest BCUT2D eigenvalue weighted by atomic mass is 10.1. The van der Waals surface area contributed by atoms with Crippen molar-refractivity contribution >= 4 is 11.4 Å². The molecule has 0 spiro atoms. The molecule has 3 nitrogen and oxygen atoms in total. The number of piperidine rings is 1. The molecule has 0 saturated carbocycles. The molecule has 92 valence electrons. The average Bonchev–Trinajstić information content (AvgIpc) is 2.72. The van der Waals surface area contributed by atoms with E-state index in [4.69, 9.17) is 5.84 Å². The molecule has 1 fully saturated rings. The van der Waals surface area contributed by atoms with Crippen molar-refractivity contribution in [3.63, 3.8) is 0 Å². The van der Waals surface area contributed by atoms with Crippen LogP contribution in [0.4, 0.5) is 15.8 Å². The number of nitrogens with zero attached hydrogens (tertiary/aromatic N) is 2. The molecule has 2 aliphatic rings. The van der Waals surface area contributed by atoms with Gasteiger partial charge in [0, 0.05) is 25.3 Å². The molecule has 2 heterocycles. The fraction of sp³-hybridized carbons (Fsp3) is 0.538. The third-order valence-electron chi connectivity index (χ3n) is 3.78. The van der Waals surface area contributed by atoms with Crippen LogP contribution in [0.15, 0.2) is 18.2 Å². The molecular weight excluding hydrogens is 217 g/mol. The molecule has 0 aromatic heterocycles. The van der Waals surface area contributed by atoms with Crippen LogP contribution in [-0.2, 0) is 6.42 Å². The number of rotatable bonds is 1. The summed E-state index contributed by atoms with van der Waals surface area (Å²) in [5.41, 5.74) is 3.66. The summed E-state index contributed by atoms with van der Waals surface area (Å²) in [6, 6.07) is 6.39. The molecular formula is C13H18FN3. The van der Waals surface area contributed by atoms with Gasteiger partial charge in [0.2, 0.25) is 0 Å². The first-order valence-electron chi connectivity index (χ1n) is 6.28. The van der Waals surface area contributed by atoms with Crippen molar-refractivity contribution in [2.45, 2.75) is 25.4 Å². The zero-order valence-electron chi connectivity index (χ0n) is 9.90. The van der Waals surface area contributed by atoms with Crippen molar-refractivity contribution in [2.24, 2.45) is 5.84 Å². The molecule has 1 aromatic carbocycles. The van der Waals surface area contributed by atoms with Gasteiger partial charge >= 0.3 is 0 Å². The van der Waals surface area contributed by atoms with Crippen LogP contribution in [0.5, 0.6) is 0 Å². The number of hydrazine groups is 1. The highest BCUT2D eigenvalue weighted by molar-refractivity contribution is 5.64. The second-order valence-electron chi connectivity index (χ2n) is 4.92. The van der Waals surface area contributed by atoms with Crippen LogP contribution >= 0.6 is 0 Å². The molecule has 3 rings (SSSR count). The standard InChI is InChI=1S/C13H18FN3/c14-11-4-6-16(7-5-11)12-1-2-13-10(9-12)3-8-17(13)15/h1-2,9,11H,3-8,15H2. The number of hydrogen-bond acceptors (Lipinski definition) is 3. The maximum atomic E-state index is 13.1. The van der Waals surface area contributed by atoms with Gasteiger partial charge in [-0.25, -0.2) is 10.2 Å². The van der Waals surface area contributed by atoms with Gasteiger partial charge in [0.25, 0.3) is 0 Å². The summed E-state index contributed by atoms with van der Waals surface area (Å²) in [4.78, 5) is 2.27. The van der Waals surface area contributed by atoms with Crippen LogP contribution in [0.1, 0.15) is 18.4 Å². The van der Waals surface area contributed by atoms with E-state index < -0.39 is 6.17 Å². The Morgan fingerprint density at radius 2 is 1.94 bits per heavy atom. The molecule has 0 atom stereocenters. The van der Waals surface area contributed by atoms with Crippen LogP contribution in [0, 0.1) is 0 Å². The first-order valence-corrected chi connectivity index (χ1v) is 6.28. The highest BCUT2D eigenvalue weighted by atomic mass is 19.1. The number of hydrogen-bond donors (Lipinski definition) is 1. The van der Waals surface area contributed by atoms with E-state index in [1.807, 2.05) is 0 Å². The maximum absolute atomic E-state index is 13.1. The topological polar surface area (TPSA) is 32.5 Å². The van der Waals surface area contributed by atoms with E-state index in [9.17, 15) is 4.39 Å². The fourth-order valence-electron chi connectivity index (χ4n) is 2.72. The van der Waals surface area contributed by atoms with Gasteiger partial charge < -0.3 is 9.91 Å². The number of fused-ring (bicyclic) bond motifs is 1. The molecule has 0 unspecified atom stereocenters. The second-order valence-corrected chi connectivity index (χ2v) is 4.92. The first kappa shape index (κ1) is 10.8. The van der Waals surface area contributed by atoms with E-state index in [1.165, 1.54) is 11.3 Å². The number of nitrogens with two attached hydrogens (primary N) is 1. The Kier molecular flexibility index (Phi) is 2.67. The lowest BCUT2D eigenvalue weighted by Crippen LogP contribution is -2.34. The Labute approximate surface area is 101 Å². The van der Waals surface area contributed by atoms with Crippen molar-refractivity contribution in [1.29, 1.82) is 0 Å². The van der Waals surface area contributed by atoms with E-state index in [-0.39, 0.29) is 0 Å². The molecule has 0 amide bonds. The normalized spacial score (nSPS) is 20.8. The molecule has 0 radical (unpaired) electrons. The summed E-state index contributed by atoms with van der Waals surface area (Å²) in [7, 11) is 0. The van der Waals surface area contributed by atoms with Crippen molar-refractivity contribution in [2.75, 3.05) is 29.5 Å². The van der Waals surface area contributed by atoms with Crippen LogP contribution in [0.25, 0.3) is 0 Å². The Morgan fingerprint density at radius 1 is 1.18 bits per heavy atom. The SMILES string of the molecule is NN1CCc2cc(N3CCC(F)CC3)ccc21. The van der Waals surface area contributed by atoms with E-state index >= 15 is 0 Å². The monoisotopic (exact) mass is 235 g/mol. The smallest absolute Gasteiger partial charge is 0.103 e. The lowest BCUT2D eigenvalue weighted by Gasteiger charge is -2.31. The van der Waals surface area contributed by atoms with Gasteiger partial charge in [-0.05, 0) is 43.0 Å². The largest absolute Gasteiger partial charge is 0.371 e. The molecule has 17 heavy (non-hydrogen) atoms. The van der Waals surface area contributed by atoms with Crippen molar-refractivity contribution in [3.05, 3.63) is 23.8 Å². The van der Waals surface area contributed by atoms with E-state index in [0.29, 0.717) is 12.8 Å². The van der Waals surface area contributed by atoms with Crippen LogP contribution < -0.4 is 15.8 Å². The Balaban J connectivity index is 1.80. The summed E-state index contributed by atoms with van der Waals surface area (Å²) < 4.78 is 13.1. The molecule has 0 bridgehead atoms. The molecule has 2 N–H and O–H groups in total. The van der Waals surface area contributed by atoms with Gasteiger partial charge in [0.15, 0.2) is 0 Å². The molecule has 1 aromatic rings.